The van der Waals surface area contributed by atoms with Crippen molar-refractivity contribution in [1.82, 2.24) is 0 Å². The predicted molar refractivity (Wildman–Crippen MR) is 80.6 cm³/mol. The van der Waals surface area contributed by atoms with E-state index in [1.54, 1.807) is 19.1 Å². The molecule has 0 heterocycles. The Hall–Kier alpha value is -1.40. The van der Waals surface area contributed by atoms with E-state index < -0.39 is 15.7 Å². The van der Waals surface area contributed by atoms with Crippen LogP contribution in [-0.2, 0) is 15.6 Å². The summed E-state index contributed by atoms with van der Waals surface area (Å²) in [5, 5.41) is 0. The summed E-state index contributed by atoms with van der Waals surface area (Å²) in [6.45, 7) is 1.75. The monoisotopic (exact) mass is 357 g/mol. The number of halogens is 2. The quantitative estimate of drug-likeness (QED) is 0.855. The Morgan fingerprint density at radius 2 is 1.90 bits per heavy atom. The molecule has 0 amide bonds. The third-order valence-electron chi connectivity index (χ3n) is 2.96. The Kier molecular flexibility index (Phi) is 4.15. The van der Waals surface area contributed by atoms with Crippen molar-refractivity contribution in [3.8, 4) is 0 Å². The zero-order valence-electron chi connectivity index (χ0n) is 10.7. The lowest BCUT2D eigenvalue weighted by molar-refractivity contribution is 0.595. The molecule has 2 aromatic carbocycles. The molecule has 0 fully saturated rings. The first-order valence-corrected chi connectivity index (χ1v) is 8.27. The Morgan fingerprint density at radius 1 is 1.20 bits per heavy atom. The number of nitrogen functional groups attached to an aromatic ring is 1. The largest absolute Gasteiger partial charge is 0.398 e. The number of anilines is 1. The number of hydrogen-bond donors (Lipinski definition) is 1. The summed E-state index contributed by atoms with van der Waals surface area (Å²) in [6.07, 6.45) is 0. The van der Waals surface area contributed by atoms with E-state index in [0.29, 0.717) is 10.0 Å². The highest BCUT2D eigenvalue weighted by Gasteiger charge is 2.19. The molecule has 0 bridgehead atoms. The minimum atomic E-state index is -3.61. The summed E-state index contributed by atoms with van der Waals surface area (Å²) in [5.74, 6) is -0.729. The third kappa shape index (κ3) is 3.19. The van der Waals surface area contributed by atoms with Crippen LogP contribution in [0.2, 0.25) is 0 Å². The minimum Gasteiger partial charge on any atom is -0.398 e. The van der Waals surface area contributed by atoms with E-state index >= 15 is 0 Å². The summed E-state index contributed by atoms with van der Waals surface area (Å²) in [5.41, 5.74) is 7.09. The summed E-state index contributed by atoms with van der Waals surface area (Å²) in [7, 11) is -3.61. The van der Waals surface area contributed by atoms with Crippen molar-refractivity contribution in [1.29, 1.82) is 0 Å². The molecular weight excluding hydrogens is 345 g/mol. The molecule has 0 aromatic heterocycles. The van der Waals surface area contributed by atoms with Crippen molar-refractivity contribution in [2.24, 2.45) is 0 Å². The van der Waals surface area contributed by atoms with E-state index in [0.717, 1.165) is 5.56 Å². The topological polar surface area (TPSA) is 60.2 Å². The SMILES string of the molecule is Cc1ccc(F)cc1CS(=O)(=O)c1ccc(Br)cc1N. The smallest absolute Gasteiger partial charge is 0.184 e. The minimum absolute atomic E-state index is 0.0596. The summed E-state index contributed by atoms with van der Waals surface area (Å²) >= 11 is 3.23. The van der Waals surface area contributed by atoms with Crippen LogP contribution >= 0.6 is 15.9 Å². The van der Waals surface area contributed by atoms with E-state index in [1.165, 1.54) is 24.3 Å². The molecule has 2 N–H and O–H groups in total. The number of rotatable bonds is 3. The highest BCUT2D eigenvalue weighted by Crippen LogP contribution is 2.26. The van der Waals surface area contributed by atoms with E-state index in [-0.39, 0.29) is 16.3 Å². The van der Waals surface area contributed by atoms with E-state index in [9.17, 15) is 12.8 Å². The van der Waals surface area contributed by atoms with Gasteiger partial charge in [-0.15, -0.1) is 0 Å². The second kappa shape index (κ2) is 5.54. The molecule has 0 aliphatic heterocycles. The van der Waals surface area contributed by atoms with Gasteiger partial charge in [-0.25, -0.2) is 12.8 Å². The molecule has 0 saturated carbocycles. The van der Waals surface area contributed by atoms with Gasteiger partial charge in [0.05, 0.1) is 16.3 Å². The highest BCUT2D eigenvalue weighted by atomic mass is 79.9. The average Bonchev–Trinajstić information content (AvgIpc) is 2.33. The second-order valence-electron chi connectivity index (χ2n) is 4.51. The first-order chi connectivity index (χ1) is 9.29. The van der Waals surface area contributed by atoms with Gasteiger partial charge in [-0.05, 0) is 48.4 Å². The van der Waals surface area contributed by atoms with Crippen LogP contribution in [0.15, 0.2) is 45.8 Å². The molecule has 106 valence electrons. The number of hydrogen-bond acceptors (Lipinski definition) is 3. The van der Waals surface area contributed by atoms with E-state index in [1.807, 2.05) is 0 Å². The molecule has 0 spiro atoms. The molecule has 0 aliphatic carbocycles. The van der Waals surface area contributed by atoms with Gasteiger partial charge in [-0.1, -0.05) is 22.0 Å². The van der Waals surface area contributed by atoms with E-state index in [2.05, 4.69) is 15.9 Å². The number of aryl methyl sites for hydroxylation is 1. The van der Waals surface area contributed by atoms with Gasteiger partial charge in [0.15, 0.2) is 9.84 Å². The molecule has 3 nitrogen and oxygen atoms in total. The summed E-state index contributed by atoms with van der Waals surface area (Å²) in [4.78, 5) is 0.0596. The number of sulfone groups is 1. The molecule has 6 heteroatoms. The van der Waals surface area contributed by atoms with Crippen molar-refractivity contribution in [2.45, 2.75) is 17.6 Å². The Labute approximate surface area is 125 Å². The van der Waals surface area contributed by atoms with Crippen molar-refractivity contribution in [3.63, 3.8) is 0 Å². The standard InChI is InChI=1S/C14H13BrFNO2S/c1-9-2-4-12(16)6-10(9)8-20(18,19)14-5-3-11(15)7-13(14)17/h2-7H,8,17H2,1H3. The fourth-order valence-corrected chi connectivity index (χ4v) is 3.83. The fourth-order valence-electron chi connectivity index (χ4n) is 1.88. The van der Waals surface area contributed by atoms with Crippen LogP contribution in [-0.4, -0.2) is 8.42 Å². The lowest BCUT2D eigenvalue weighted by atomic mass is 10.1. The van der Waals surface area contributed by atoms with E-state index in [4.69, 9.17) is 5.73 Å². The van der Waals surface area contributed by atoms with Gasteiger partial charge >= 0.3 is 0 Å². The zero-order chi connectivity index (χ0) is 14.9. The average molecular weight is 358 g/mol. The fraction of sp³-hybridized carbons (Fsp3) is 0.143. The number of nitrogens with two attached hydrogens (primary N) is 1. The Morgan fingerprint density at radius 3 is 2.55 bits per heavy atom. The Balaban J connectivity index is 2.43. The summed E-state index contributed by atoms with van der Waals surface area (Å²) in [6, 6.07) is 8.70. The van der Waals surface area contributed by atoms with Crippen molar-refractivity contribution in [3.05, 3.63) is 57.8 Å². The maximum Gasteiger partial charge on any atom is 0.184 e. The predicted octanol–water partition coefficient (Wildman–Crippen LogP) is 3.45. The highest BCUT2D eigenvalue weighted by molar-refractivity contribution is 9.10. The molecule has 0 unspecified atom stereocenters. The number of benzene rings is 2. The molecule has 0 radical (unpaired) electrons. The first kappa shape index (κ1) is 15.0. The molecule has 0 aliphatic rings. The van der Waals surface area contributed by atoms with Gasteiger partial charge in [0.1, 0.15) is 5.82 Å². The van der Waals surface area contributed by atoms with Gasteiger partial charge in [-0.2, -0.15) is 0 Å². The van der Waals surface area contributed by atoms with Gasteiger partial charge < -0.3 is 5.73 Å². The van der Waals surface area contributed by atoms with Crippen LogP contribution in [0.1, 0.15) is 11.1 Å². The van der Waals surface area contributed by atoms with Crippen LogP contribution in [0.3, 0.4) is 0 Å². The van der Waals surface area contributed by atoms with Crippen LogP contribution in [0.25, 0.3) is 0 Å². The zero-order valence-corrected chi connectivity index (χ0v) is 13.1. The molecule has 2 rings (SSSR count). The van der Waals surface area contributed by atoms with Gasteiger partial charge in [0.25, 0.3) is 0 Å². The van der Waals surface area contributed by atoms with Gasteiger partial charge in [-0.3, -0.25) is 0 Å². The normalized spacial score (nSPS) is 11.6. The van der Waals surface area contributed by atoms with Crippen molar-refractivity contribution < 1.29 is 12.8 Å². The maximum atomic E-state index is 13.2. The molecule has 0 saturated heterocycles. The molecule has 0 atom stereocenters. The lowest BCUT2D eigenvalue weighted by Crippen LogP contribution is -2.09. The van der Waals surface area contributed by atoms with Crippen LogP contribution in [0.4, 0.5) is 10.1 Å². The molecular formula is C14H13BrFNO2S. The van der Waals surface area contributed by atoms with Crippen molar-refractivity contribution in [2.75, 3.05) is 5.73 Å². The maximum absolute atomic E-state index is 13.2. The molecule has 2 aromatic rings. The molecule has 20 heavy (non-hydrogen) atoms. The first-order valence-electron chi connectivity index (χ1n) is 5.82. The lowest BCUT2D eigenvalue weighted by Gasteiger charge is -2.10. The van der Waals surface area contributed by atoms with Crippen LogP contribution in [0, 0.1) is 12.7 Å². The van der Waals surface area contributed by atoms with Gasteiger partial charge in [0.2, 0.25) is 0 Å². The van der Waals surface area contributed by atoms with Crippen molar-refractivity contribution >= 4 is 31.5 Å². The van der Waals surface area contributed by atoms with Crippen LogP contribution < -0.4 is 5.73 Å². The second-order valence-corrected chi connectivity index (χ2v) is 7.39. The van der Waals surface area contributed by atoms with Crippen LogP contribution in [0.5, 0.6) is 0 Å². The Bertz CT molecular complexity index is 760. The summed E-state index contributed by atoms with van der Waals surface area (Å²) < 4.78 is 38.7. The third-order valence-corrected chi connectivity index (χ3v) is 5.19. The van der Waals surface area contributed by atoms with Gasteiger partial charge in [0, 0.05) is 4.47 Å².